The molecule has 0 fully saturated rings. The number of aliphatic hydroxyl groups excluding tert-OH is 1. The molecule has 1 aromatic rings. The van der Waals surface area contributed by atoms with E-state index in [1.54, 1.807) is 12.2 Å². The highest BCUT2D eigenvalue weighted by molar-refractivity contribution is 5.89. The number of carbonyl (C=O) groups is 1. The normalized spacial score (nSPS) is 16.2. The zero-order valence-electron chi connectivity index (χ0n) is 13.3. The number of benzene rings is 1. The van der Waals surface area contributed by atoms with Gasteiger partial charge in [-0.05, 0) is 31.1 Å². The SMILES string of the molecule is COC(=O)C1=CC(C(N)/C=C(\O)c2ccc(C)cc2)=CC=CC1. The first-order valence-electron chi connectivity index (χ1n) is 7.40. The van der Waals surface area contributed by atoms with Crippen molar-refractivity contribution in [1.29, 1.82) is 0 Å². The first-order chi connectivity index (χ1) is 11.0. The molecule has 0 spiro atoms. The van der Waals surface area contributed by atoms with Crippen LogP contribution in [0.25, 0.3) is 5.76 Å². The molecule has 23 heavy (non-hydrogen) atoms. The van der Waals surface area contributed by atoms with Crippen LogP contribution in [0.3, 0.4) is 0 Å². The minimum Gasteiger partial charge on any atom is -0.508 e. The van der Waals surface area contributed by atoms with Crippen molar-refractivity contribution in [2.24, 2.45) is 5.73 Å². The lowest BCUT2D eigenvalue weighted by molar-refractivity contribution is -0.136. The van der Waals surface area contributed by atoms with E-state index in [1.165, 1.54) is 7.11 Å². The minimum atomic E-state index is -0.529. The average Bonchev–Trinajstić information content (AvgIpc) is 2.80. The van der Waals surface area contributed by atoms with Gasteiger partial charge in [0.25, 0.3) is 0 Å². The second-order valence-electron chi connectivity index (χ2n) is 5.40. The fourth-order valence-corrected chi connectivity index (χ4v) is 2.25. The molecule has 4 heteroatoms. The second-order valence-corrected chi connectivity index (χ2v) is 5.40. The van der Waals surface area contributed by atoms with Crippen molar-refractivity contribution in [3.05, 3.63) is 76.9 Å². The Hall–Kier alpha value is -2.59. The molecule has 3 N–H and O–H groups in total. The summed E-state index contributed by atoms with van der Waals surface area (Å²) in [7, 11) is 1.35. The topological polar surface area (TPSA) is 72.5 Å². The van der Waals surface area contributed by atoms with Gasteiger partial charge in [-0.15, -0.1) is 0 Å². The molecule has 4 nitrogen and oxygen atoms in total. The quantitative estimate of drug-likeness (QED) is 0.661. The van der Waals surface area contributed by atoms with Gasteiger partial charge in [-0.1, -0.05) is 48.1 Å². The zero-order valence-corrected chi connectivity index (χ0v) is 13.3. The summed E-state index contributed by atoms with van der Waals surface area (Å²) in [6, 6.07) is 7.00. The summed E-state index contributed by atoms with van der Waals surface area (Å²) < 4.78 is 4.76. The van der Waals surface area contributed by atoms with E-state index in [2.05, 4.69) is 0 Å². The number of aliphatic hydroxyl groups is 1. The molecule has 0 saturated carbocycles. The standard InChI is InChI=1S/C19H21NO3/c1-13-7-9-14(10-8-13)18(21)12-17(20)15-5-3-4-6-16(11-15)19(22)23-2/h3-5,7-12,17,21H,6,20H2,1-2H3/b18-12-. The molecule has 0 heterocycles. The molecule has 1 unspecified atom stereocenters. The Bertz CT molecular complexity index is 694. The van der Waals surface area contributed by atoms with Gasteiger partial charge in [0, 0.05) is 11.1 Å². The molecule has 120 valence electrons. The third kappa shape index (κ3) is 4.44. The smallest absolute Gasteiger partial charge is 0.334 e. The summed E-state index contributed by atoms with van der Waals surface area (Å²) in [5.41, 5.74) is 9.24. The molecule has 0 bridgehead atoms. The highest BCUT2D eigenvalue weighted by Gasteiger charge is 2.14. The Labute approximate surface area is 136 Å². The first-order valence-corrected chi connectivity index (χ1v) is 7.40. The monoisotopic (exact) mass is 311 g/mol. The van der Waals surface area contributed by atoms with E-state index in [0.717, 1.165) is 11.1 Å². The van der Waals surface area contributed by atoms with Crippen LogP contribution in [0.2, 0.25) is 0 Å². The number of rotatable bonds is 4. The molecule has 0 radical (unpaired) electrons. The molecule has 1 aliphatic rings. The summed E-state index contributed by atoms with van der Waals surface area (Å²) in [6.45, 7) is 1.98. The Balaban J connectivity index is 2.24. The van der Waals surface area contributed by atoms with Crippen molar-refractivity contribution in [2.75, 3.05) is 7.11 Å². The molecule has 1 aromatic carbocycles. The molecule has 0 aromatic heterocycles. The summed E-state index contributed by atoms with van der Waals surface area (Å²) >= 11 is 0. The van der Waals surface area contributed by atoms with Gasteiger partial charge >= 0.3 is 5.97 Å². The van der Waals surface area contributed by atoms with Gasteiger partial charge in [-0.3, -0.25) is 0 Å². The number of aryl methyl sites for hydroxylation is 1. The number of hydrogen-bond donors (Lipinski definition) is 2. The van der Waals surface area contributed by atoms with E-state index in [1.807, 2.05) is 49.4 Å². The zero-order chi connectivity index (χ0) is 16.8. The summed E-state index contributed by atoms with van der Waals surface area (Å²) in [4.78, 5) is 11.7. The van der Waals surface area contributed by atoms with Gasteiger partial charge in [0.2, 0.25) is 0 Å². The van der Waals surface area contributed by atoms with Gasteiger partial charge in [-0.25, -0.2) is 4.79 Å². The molecular weight excluding hydrogens is 290 g/mol. The van der Waals surface area contributed by atoms with Crippen LogP contribution in [0.15, 0.2) is 65.8 Å². The van der Waals surface area contributed by atoms with Crippen LogP contribution >= 0.6 is 0 Å². The van der Waals surface area contributed by atoms with Crippen LogP contribution in [0, 0.1) is 6.92 Å². The van der Waals surface area contributed by atoms with Crippen molar-refractivity contribution in [2.45, 2.75) is 19.4 Å². The highest BCUT2D eigenvalue weighted by Crippen LogP contribution is 2.19. The molecule has 0 saturated heterocycles. The van der Waals surface area contributed by atoms with Gasteiger partial charge in [0.1, 0.15) is 5.76 Å². The van der Waals surface area contributed by atoms with Crippen LogP contribution in [-0.2, 0) is 9.53 Å². The van der Waals surface area contributed by atoms with E-state index in [4.69, 9.17) is 10.5 Å². The number of carbonyl (C=O) groups excluding carboxylic acids is 1. The second kappa shape index (κ2) is 7.61. The first kappa shape index (κ1) is 16.8. The molecule has 1 atom stereocenters. The van der Waals surface area contributed by atoms with Gasteiger partial charge in [0.05, 0.1) is 13.2 Å². The molecule has 1 aliphatic carbocycles. The Kier molecular flexibility index (Phi) is 5.55. The number of nitrogens with two attached hydrogens (primary N) is 1. The summed E-state index contributed by atoms with van der Waals surface area (Å²) in [5.74, 6) is -0.263. The van der Waals surface area contributed by atoms with E-state index >= 15 is 0 Å². The predicted molar refractivity (Wildman–Crippen MR) is 91.7 cm³/mol. The fraction of sp³-hybridized carbons (Fsp3) is 0.211. The van der Waals surface area contributed by atoms with Crippen LogP contribution in [-0.4, -0.2) is 24.2 Å². The van der Waals surface area contributed by atoms with Gasteiger partial charge in [-0.2, -0.15) is 0 Å². The lowest BCUT2D eigenvalue weighted by Gasteiger charge is -2.11. The Morgan fingerprint density at radius 1 is 1.35 bits per heavy atom. The average molecular weight is 311 g/mol. The lowest BCUT2D eigenvalue weighted by atomic mass is 10.0. The van der Waals surface area contributed by atoms with Crippen LogP contribution < -0.4 is 5.73 Å². The van der Waals surface area contributed by atoms with Crippen molar-refractivity contribution >= 4 is 11.7 Å². The van der Waals surface area contributed by atoms with E-state index < -0.39 is 6.04 Å². The molecule has 2 rings (SSSR count). The highest BCUT2D eigenvalue weighted by atomic mass is 16.5. The van der Waals surface area contributed by atoms with Crippen molar-refractivity contribution in [3.8, 4) is 0 Å². The maximum atomic E-state index is 11.7. The van der Waals surface area contributed by atoms with Crippen molar-refractivity contribution in [3.63, 3.8) is 0 Å². The van der Waals surface area contributed by atoms with Gasteiger partial charge < -0.3 is 15.6 Å². The van der Waals surface area contributed by atoms with Crippen LogP contribution in [0.4, 0.5) is 0 Å². The number of ether oxygens (including phenoxy) is 1. The largest absolute Gasteiger partial charge is 0.508 e. The fourth-order valence-electron chi connectivity index (χ4n) is 2.25. The number of allylic oxidation sites excluding steroid dienone is 3. The summed E-state index contributed by atoms with van der Waals surface area (Å²) in [5, 5.41) is 10.2. The Morgan fingerprint density at radius 2 is 2.04 bits per heavy atom. The maximum absolute atomic E-state index is 11.7. The van der Waals surface area contributed by atoms with Crippen molar-refractivity contribution < 1.29 is 14.6 Å². The third-order valence-corrected chi connectivity index (χ3v) is 3.62. The summed E-state index contributed by atoms with van der Waals surface area (Å²) in [6.07, 6.45) is 9.33. The third-order valence-electron chi connectivity index (χ3n) is 3.62. The molecular formula is C19H21NO3. The van der Waals surface area contributed by atoms with E-state index in [-0.39, 0.29) is 11.7 Å². The van der Waals surface area contributed by atoms with E-state index in [0.29, 0.717) is 17.6 Å². The lowest BCUT2D eigenvalue weighted by Crippen LogP contribution is -2.20. The van der Waals surface area contributed by atoms with Gasteiger partial charge in [0.15, 0.2) is 0 Å². The number of hydrogen-bond acceptors (Lipinski definition) is 4. The number of methoxy groups -OCH3 is 1. The molecule has 0 amide bonds. The van der Waals surface area contributed by atoms with E-state index in [9.17, 15) is 9.90 Å². The van der Waals surface area contributed by atoms with Crippen LogP contribution in [0.1, 0.15) is 17.5 Å². The van der Waals surface area contributed by atoms with Crippen LogP contribution in [0.5, 0.6) is 0 Å². The predicted octanol–water partition coefficient (Wildman–Crippen LogP) is 3.21. The molecule has 0 aliphatic heterocycles. The number of esters is 1. The van der Waals surface area contributed by atoms with Crippen molar-refractivity contribution in [1.82, 2.24) is 0 Å². The minimum absolute atomic E-state index is 0.111. The Morgan fingerprint density at radius 3 is 2.70 bits per heavy atom. The maximum Gasteiger partial charge on any atom is 0.334 e.